The molecule has 2 rings (SSSR count). The summed E-state index contributed by atoms with van der Waals surface area (Å²) in [6, 6.07) is 15.5. The van der Waals surface area contributed by atoms with Gasteiger partial charge in [-0.3, -0.25) is 5.41 Å². The fraction of sp³-hybridized carbons (Fsp3) is 0.235. The molecule has 21 heavy (non-hydrogen) atoms. The Balaban J connectivity index is 1.98. The van der Waals surface area contributed by atoms with Gasteiger partial charge in [-0.1, -0.05) is 36.4 Å². The van der Waals surface area contributed by atoms with Crippen molar-refractivity contribution in [1.82, 2.24) is 0 Å². The molecule has 110 valence electrons. The number of hydrogen-bond donors (Lipinski definition) is 2. The molecule has 0 unspecified atom stereocenters. The van der Waals surface area contributed by atoms with Crippen molar-refractivity contribution in [2.45, 2.75) is 13.0 Å². The predicted octanol–water partition coefficient (Wildman–Crippen LogP) is 2.74. The van der Waals surface area contributed by atoms with Crippen LogP contribution in [0.15, 0.2) is 48.5 Å². The molecule has 0 amide bonds. The highest BCUT2D eigenvalue weighted by Crippen LogP contribution is 2.16. The number of amidine groups is 1. The molecule has 4 heteroatoms. The van der Waals surface area contributed by atoms with Crippen LogP contribution < -0.4 is 10.5 Å². The number of nitrogens with one attached hydrogen (secondary N) is 1. The maximum atomic E-state index is 7.56. The molecule has 0 aromatic heterocycles. The van der Waals surface area contributed by atoms with E-state index in [9.17, 15) is 0 Å². The van der Waals surface area contributed by atoms with Crippen LogP contribution in [0.3, 0.4) is 0 Å². The molecule has 0 fully saturated rings. The van der Waals surface area contributed by atoms with Gasteiger partial charge in [0.25, 0.3) is 0 Å². The van der Waals surface area contributed by atoms with Gasteiger partial charge in [0.2, 0.25) is 0 Å². The normalized spacial score (nSPS) is 10.3. The molecule has 0 aliphatic heterocycles. The summed E-state index contributed by atoms with van der Waals surface area (Å²) in [7, 11) is 1.70. The lowest BCUT2D eigenvalue weighted by Crippen LogP contribution is -2.14. The molecule has 0 bridgehead atoms. The Morgan fingerprint density at radius 3 is 2.48 bits per heavy atom. The van der Waals surface area contributed by atoms with Crippen molar-refractivity contribution >= 4 is 5.84 Å². The first kappa shape index (κ1) is 15.1. The topological polar surface area (TPSA) is 68.3 Å². The van der Waals surface area contributed by atoms with E-state index in [1.54, 1.807) is 7.11 Å². The Morgan fingerprint density at radius 1 is 1.10 bits per heavy atom. The van der Waals surface area contributed by atoms with E-state index in [-0.39, 0.29) is 5.84 Å². The van der Waals surface area contributed by atoms with Crippen LogP contribution in [0.5, 0.6) is 5.75 Å². The zero-order valence-corrected chi connectivity index (χ0v) is 12.1. The van der Waals surface area contributed by atoms with Crippen LogP contribution in [0.25, 0.3) is 0 Å². The summed E-state index contributed by atoms with van der Waals surface area (Å²) in [5.41, 5.74) is 8.41. The van der Waals surface area contributed by atoms with E-state index < -0.39 is 0 Å². The molecule has 4 nitrogen and oxygen atoms in total. The van der Waals surface area contributed by atoms with Crippen molar-refractivity contribution in [2.24, 2.45) is 5.73 Å². The van der Waals surface area contributed by atoms with Crippen LogP contribution in [0.2, 0.25) is 0 Å². The summed E-state index contributed by atoms with van der Waals surface area (Å²) in [5.74, 6) is 0.860. The Kier molecular flexibility index (Phi) is 5.35. The minimum absolute atomic E-state index is 0.0594. The first-order chi connectivity index (χ1) is 10.2. The predicted molar refractivity (Wildman–Crippen MR) is 83.8 cm³/mol. The van der Waals surface area contributed by atoms with Gasteiger partial charge in [-0.25, -0.2) is 0 Å². The lowest BCUT2D eigenvalue weighted by atomic mass is 10.1. The van der Waals surface area contributed by atoms with E-state index in [1.165, 1.54) is 5.56 Å². The minimum Gasteiger partial charge on any atom is -0.489 e. The van der Waals surface area contributed by atoms with Crippen LogP contribution in [0.4, 0.5) is 0 Å². The second-order valence-electron chi connectivity index (χ2n) is 4.75. The first-order valence-electron chi connectivity index (χ1n) is 6.83. The summed E-state index contributed by atoms with van der Waals surface area (Å²) in [6.07, 6.45) is 0.893. The average molecular weight is 284 g/mol. The summed E-state index contributed by atoms with van der Waals surface area (Å²) in [6.45, 7) is 1.11. The van der Waals surface area contributed by atoms with Gasteiger partial charge < -0.3 is 15.2 Å². The van der Waals surface area contributed by atoms with Crippen molar-refractivity contribution in [3.05, 3.63) is 65.2 Å². The molecule has 0 spiro atoms. The smallest absolute Gasteiger partial charge is 0.123 e. The van der Waals surface area contributed by atoms with E-state index >= 15 is 0 Å². The van der Waals surface area contributed by atoms with Crippen LogP contribution in [0.1, 0.15) is 16.7 Å². The molecular formula is C17H20N2O2. The number of ether oxygens (including phenoxy) is 2. The largest absolute Gasteiger partial charge is 0.489 e. The third-order valence-corrected chi connectivity index (χ3v) is 3.22. The zero-order chi connectivity index (χ0) is 15.1. The van der Waals surface area contributed by atoms with Crippen LogP contribution in [-0.4, -0.2) is 19.6 Å². The Labute approximate surface area is 125 Å². The fourth-order valence-corrected chi connectivity index (χ4v) is 2.04. The van der Waals surface area contributed by atoms with Crippen LogP contribution in [0, 0.1) is 5.41 Å². The molecule has 0 saturated carbocycles. The monoisotopic (exact) mass is 284 g/mol. The minimum atomic E-state index is 0.0594. The quantitative estimate of drug-likeness (QED) is 0.607. The summed E-state index contributed by atoms with van der Waals surface area (Å²) in [4.78, 5) is 0. The Morgan fingerprint density at radius 2 is 1.81 bits per heavy atom. The Bertz CT molecular complexity index is 594. The number of hydrogen-bond acceptors (Lipinski definition) is 3. The van der Waals surface area contributed by atoms with E-state index in [2.05, 4.69) is 0 Å². The Hall–Kier alpha value is -2.33. The lowest BCUT2D eigenvalue weighted by molar-refractivity contribution is 0.202. The van der Waals surface area contributed by atoms with Crippen molar-refractivity contribution in [3.63, 3.8) is 0 Å². The summed E-state index contributed by atoms with van der Waals surface area (Å²) >= 11 is 0. The fourth-order valence-electron chi connectivity index (χ4n) is 2.04. The molecule has 0 aliphatic rings. The first-order valence-corrected chi connectivity index (χ1v) is 6.83. The van der Waals surface area contributed by atoms with Crippen molar-refractivity contribution in [3.8, 4) is 5.75 Å². The van der Waals surface area contributed by atoms with E-state index in [0.717, 1.165) is 17.7 Å². The summed E-state index contributed by atoms with van der Waals surface area (Å²) in [5, 5.41) is 7.56. The molecule has 0 atom stereocenters. The van der Waals surface area contributed by atoms with Crippen molar-refractivity contribution < 1.29 is 9.47 Å². The average Bonchev–Trinajstić information content (AvgIpc) is 2.52. The SMILES string of the molecule is COCCc1ccc(OCc2ccccc2C(=N)N)cc1. The standard InChI is InChI=1S/C17H20N2O2/c1-20-11-10-13-6-8-15(9-7-13)21-12-14-4-2-3-5-16(14)17(18)19/h2-9H,10-12H2,1H3,(H3,18,19). The second kappa shape index (κ2) is 7.45. The molecule has 2 aromatic rings. The third kappa shape index (κ3) is 4.33. The van der Waals surface area contributed by atoms with Crippen molar-refractivity contribution in [2.75, 3.05) is 13.7 Å². The van der Waals surface area contributed by atoms with Crippen molar-refractivity contribution in [1.29, 1.82) is 5.41 Å². The molecule has 0 radical (unpaired) electrons. The second-order valence-corrected chi connectivity index (χ2v) is 4.75. The highest BCUT2D eigenvalue weighted by atomic mass is 16.5. The molecular weight excluding hydrogens is 264 g/mol. The molecule has 0 saturated heterocycles. The van der Waals surface area contributed by atoms with Crippen LogP contribution >= 0.6 is 0 Å². The lowest BCUT2D eigenvalue weighted by Gasteiger charge is -2.10. The van der Waals surface area contributed by atoms with Gasteiger partial charge in [0.05, 0.1) is 6.61 Å². The maximum Gasteiger partial charge on any atom is 0.123 e. The third-order valence-electron chi connectivity index (χ3n) is 3.22. The zero-order valence-electron chi connectivity index (χ0n) is 12.1. The number of benzene rings is 2. The molecule has 0 heterocycles. The van der Waals surface area contributed by atoms with Gasteiger partial charge >= 0.3 is 0 Å². The number of nitrogens with two attached hydrogens (primary N) is 1. The van der Waals surface area contributed by atoms with Gasteiger partial charge in [-0.2, -0.15) is 0 Å². The van der Waals surface area contributed by atoms with E-state index in [4.69, 9.17) is 20.6 Å². The highest BCUT2D eigenvalue weighted by molar-refractivity contribution is 5.96. The maximum absolute atomic E-state index is 7.56. The van der Waals surface area contributed by atoms with Gasteiger partial charge in [0, 0.05) is 18.2 Å². The van der Waals surface area contributed by atoms with Gasteiger partial charge in [0.1, 0.15) is 18.2 Å². The molecule has 0 aliphatic carbocycles. The number of rotatable bonds is 7. The van der Waals surface area contributed by atoms with Gasteiger partial charge in [-0.05, 0) is 24.1 Å². The molecule has 3 N–H and O–H groups in total. The number of methoxy groups -OCH3 is 1. The number of nitrogen functional groups attached to an aromatic ring is 1. The summed E-state index contributed by atoms with van der Waals surface area (Å²) < 4.78 is 10.8. The van der Waals surface area contributed by atoms with Gasteiger partial charge in [-0.15, -0.1) is 0 Å². The molecule has 2 aromatic carbocycles. The van der Waals surface area contributed by atoms with Gasteiger partial charge in [0.15, 0.2) is 0 Å². The highest BCUT2D eigenvalue weighted by Gasteiger charge is 2.05. The van der Waals surface area contributed by atoms with Crippen LogP contribution in [-0.2, 0) is 17.8 Å². The van der Waals surface area contributed by atoms with E-state index in [1.807, 2.05) is 48.5 Å². The van der Waals surface area contributed by atoms with E-state index in [0.29, 0.717) is 18.8 Å².